The summed E-state index contributed by atoms with van der Waals surface area (Å²) in [6.07, 6.45) is 3.12. The van der Waals surface area contributed by atoms with E-state index < -0.39 is 6.04 Å². The van der Waals surface area contributed by atoms with Gasteiger partial charge in [-0.25, -0.2) is 0 Å². The molecule has 0 saturated carbocycles. The van der Waals surface area contributed by atoms with E-state index in [-0.39, 0.29) is 5.91 Å². The third-order valence-electron chi connectivity index (χ3n) is 2.78. The molecule has 104 valence electrons. The van der Waals surface area contributed by atoms with Crippen molar-refractivity contribution in [3.63, 3.8) is 0 Å². The van der Waals surface area contributed by atoms with Gasteiger partial charge in [0.2, 0.25) is 12.3 Å². The number of hydrogen-bond donors (Lipinski definition) is 2. The fourth-order valence-corrected chi connectivity index (χ4v) is 2.09. The van der Waals surface area contributed by atoms with Crippen LogP contribution in [0.4, 0.5) is 5.69 Å². The lowest BCUT2D eigenvalue weighted by molar-refractivity contribution is -0.121. The van der Waals surface area contributed by atoms with Crippen molar-refractivity contribution in [2.75, 3.05) is 5.32 Å². The fraction of sp³-hybridized carbons (Fsp3) is 0.429. The molecule has 0 radical (unpaired) electrons. The molecule has 4 nitrogen and oxygen atoms in total. The molecule has 0 aliphatic heterocycles. The van der Waals surface area contributed by atoms with Crippen molar-refractivity contribution in [1.29, 1.82) is 0 Å². The van der Waals surface area contributed by atoms with E-state index in [0.717, 1.165) is 29.4 Å². The molecule has 0 spiro atoms. The zero-order valence-electron chi connectivity index (χ0n) is 11.0. The van der Waals surface area contributed by atoms with Gasteiger partial charge in [-0.2, -0.15) is 0 Å². The van der Waals surface area contributed by atoms with Crippen molar-refractivity contribution in [2.24, 2.45) is 0 Å². The van der Waals surface area contributed by atoms with E-state index in [0.29, 0.717) is 12.8 Å². The molecule has 0 aliphatic carbocycles. The standard InChI is InChI=1S/C14H19BrN2O2/c1-2-3-7-13(16-10-18)14(19)17-12-6-4-5-11(8-12)9-15/h4-6,8,10,13H,2-3,7,9H2,1H3,(H,16,18)(H,17,19). The molecule has 1 aromatic rings. The summed E-state index contributed by atoms with van der Waals surface area (Å²) in [5.41, 5.74) is 1.84. The summed E-state index contributed by atoms with van der Waals surface area (Å²) in [5, 5.41) is 6.13. The number of unbranched alkanes of at least 4 members (excludes halogenated alkanes) is 1. The lowest BCUT2D eigenvalue weighted by Crippen LogP contribution is -2.39. The molecule has 0 heterocycles. The van der Waals surface area contributed by atoms with Crippen molar-refractivity contribution in [2.45, 2.75) is 37.6 Å². The molecule has 1 unspecified atom stereocenters. The summed E-state index contributed by atoms with van der Waals surface area (Å²) in [6.45, 7) is 2.05. The number of halogens is 1. The molecule has 1 aromatic carbocycles. The maximum Gasteiger partial charge on any atom is 0.246 e. The van der Waals surface area contributed by atoms with Gasteiger partial charge in [0.25, 0.3) is 0 Å². The predicted octanol–water partition coefficient (Wildman–Crippen LogP) is 2.82. The first-order valence-electron chi connectivity index (χ1n) is 6.36. The van der Waals surface area contributed by atoms with Gasteiger partial charge >= 0.3 is 0 Å². The van der Waals surface area contributed by atoms with Crippen LogP contribution in [-0.2, 0) is 14.9 Å². The largest absolute Gasteiger partial charge is 0.347 e. The Bertz CT molecular complexity index is 424. The van der Waals surface area contributed by atoms with Gasteiger partial charge in [0, 0.05) is 11.0 Å². The van der Waals surface area contributed by atoms with Gasteiger partial charge in [-0.1, -0.05) is 47.8 Å². The molecule has 1 rings (SSSR count). The maximum absolute atomic E-state index is 12.1. The summed E-state index contributed by atoms with van der Waals surface area (Å²) in [7, 11) is 0. The van der Waals surface area contributed by atoms with Crippen LogP contribution in [0.25, 0.3) is 0 Å². The molecule has 1 atom stereocenters. The second-order valence-electron chi connectivity index (χ2n) is 4.30. The van der Waals surface area contributed by atoms with E-state index in [4.69, 9.17) is 0 Å². The number of anilines is 1. The van der Waals surface area contributed by atoms with Crippen molar-refractivity contribution in [3.05, 3.63) is 29.8 Å². The highest BCUT2D eigenvalue weighted by atomic mass is 79.9. The topological polar surface area (TPSA) is 58.2 Å². The summed E-state index contributed by atoms with van der Waals surface area (Å²) < 4.78 is 0. The first kappa shape index (κ1) is 15.7. The Labute approximate surface area is 122 Å². The van der Waals surface area contributed by atoms with Crippen LogP contribution in [0.3, 0.4) is 0 Å². The molecule has 2 N–H and O–H groups in total. The van der Waals surface area contributed by atoms with Crippen molar-refractivity contribution >= 4 is 33.9 Å². The van der Waals surface area contributed by atoms with Crippen LogP contribution in [0, 0.1) is 0 Å². The third kappa shape index (κ3) is 5.42. The van der Waals surface area contributed by atoms with Crippen LogP contribution in [-0.4, -0.2) is 18.4 Å². The van der Waals surface area contributed by atoms with Gasteiger partial charge in [0.1, 0.15) is 6.04 Å². The van der Waals surface area contributed by atoms with Crippen molar-refractivity contribution in [3.8, 4) is 0 Å². The van der Waals surface area contributed by atoms with Gasteiger partial charge in [-0.05, 0) is 24.1 Å². The zero-order valence-corrected chi connectivity index (χ0v) is 12.6. The number of carbonyl (C=O) groups excluding carboxylic acids is 2. The number of alkyl halides is 1. The maximum atomic E-state index is 12.1. The Morgan fingerprint density at radius 2 is 2.26 bits per heavy atom. The number of hydrogen-bond acceptors (Lipinski definition) is 2. The first-order valence-corrected chi connectivity index (χ1v) is 7.48. The average molecular weight is 327 g/mol. The van der Waals surface area contributed by atoms with Crippen LogP contribution >= 0.6 is 15.9 Å². The Balaban J connectivity index is 2.66. The van der Waals surface area contributed by atoms with Gasteiger partial charge in [0.15, 0.2) is 0 Å². The van der Waals surface area contributed by atoms with E-state index in [1.165, 1.54) is 0 Å². The van der Waals surface area contributed by atoms with Gasteiger partial charge in [0.05, 0.1) is 0 Å². The Morgan fingerprint density at radius 1 is 1.47 bits per heavy atom. The van der Waals surface area contributed by atoms with Gasteiger partial charge in [-0.15, -0.1) is 0 Å². The highest BCUT2D eigenvalue weighted by molar-refractivity contribution is 9.08. The Hall–Kier alpha value is -1.36. The minimum atomic E-state index is -0.468. The molecular formula is C14H19BrN2O2. The van der Waals surface area contributed by atoms with E-state index in [1.807, 2.05) is 24.3 Å². The SMILES string of the molecule is CCCCC(NC=O)C(=O)Nc1cccc(CBr)c1. The zero-order chi connectivity index (χ0) is 14.1. The van der Waals surface area contributed by atoms with E-state index >= 15 is 0 Å². The molecule has 19 heavy (non-hydrogen) atoms. The molecule has 2 amide bonds. The number of nitrogens with one attached hydrogen (secondary N) is 2. The van der Waals surface area contributed by atoms with Gasteiger partial charge < -0.3 is 10.6 Å². The molecule has 0 aromatic heterocycles. The van der Waals surface area contributed by atoms with Crippen LogP contribution in [0.1, 0.15) is 31.7 Å². The summed E-state index contributed by atoms with van der Waals surface area (Å²) in [4.78, 5) is 22.6. The summed E-state index contributed by atoms with van der Waals surface area (Å²) in [6, 6.07) is 7.14. The van der Waals surface area contributed by atoms with Crippen molar-refractivity contribution < 1.29 is 9.59 Å². The number of amides is 2. The fourth-order valence-electron chi connectivity index (χ4n) is 1.74. The predicted molar refractivity (Wildman–Crippen MR) is 80.2 cm³/mol. The van der Waals surface area contributed by atoms with Gasteiger partial charge in [-0.3, -0.25) is 9.59 Å². The minimum Gasteiger partial charge on any atom is -0.347 e. The Morgan fingerprint density at radius 3 is 2.89 bits per heavy atom. The summed E-state index contributed by atoms with van der Waals surface area (Å²) >= 11 is 3.37. The monoisotopic (exact) mass is 326 g/mol. The number of benzene rings is 1. The summed E-state index contributed by atoms with van der Waals surface area (Å²) in [5.74, 6) is -0.174. The second-order valence-corrected chi connectivity index (χ2v) is 4.86. The van der Waals surface area contributed by atoms with Crippen molar-refractivity contribution in [1.82, 2.24) is 5.32 Å². The molecule has 0 bridgehead atoms. The number of rotatable bonds is 8. The number of carbonyl (C=O) groups is 2. The van der Waals surface area contributed by atoms with Crippen LogP contribution < -0.4 is 10.6 Å². The Kier molecular flexibility index (Phi) is 7.18. The first-order chi connectivity index (χ1) is 9.21. The molecular weight excluding hydrogens is 308 g/mol. The molecule has 0 fully saturated rings. The van der Waals surface area contributed by atoms with E-state index in [2.05, 4.69) is 33.5 Å². The average Bonchev–Trinajstić information content (AvgIpc) is 2.43. The lowest BCUT2D eigenvalue weighted by Gasteiger charge is -2.15. The normalized spacial score (nSPS) is 11.7. The van der Waals surface area contributed by atoms with Crippen LogP contribution in [0.5, 0.6) is 0 Å². The van der Waals surface area contributed by atoms with E-state index in [1.54, 1.807) is 0 Å². The van der Waals surface area contributed by atoms with E-state index in [9.17, 15) is 9.59 Å². The highest BCUT2D eigenvalue weighted by Gasteiger charge is 2.16. The van der Waals surface area contributed by atoms with Crippen LogP contribution in [0.15, 0.2) is 24.3 Å². The molecule has 0 aliphatic rings. The minimum absolute atomic E-state index is 0.174. The lowest BCUT2D eigenvalue weighted by atomic mass is 10.1. The molecule has 0 saturated heterocycles. The third-order valence-corrected chi connectivity index (χ3v) is 3.43. The second kappa shape index (κ2) is 8.69. The highest BCUT2D eigenvalue weighted by Crippen LogP contribution is 2.14. The quantitative estimate of drug-likeness (QED) is 0.570. The molecule has 5 heteroatoms. The smallest absolute Gasteiger partial charge is 0.246 e. The van der Waals surface area contributed by atoms with Crippen LogP contribution in [0.2, 0.25) is 0 Å².